The Morgan fingerprint density at radius 2 is 1.81 bits per heavy atom. The van der Waals surface area contributed by atoms with Gasteiger partial charge in [-0.15, -0.1) is 0 Å². The van der Waals surface area contributed by atoms with E-state index in [4.69, 9.17) is 39.5 Å². The number of nitrogens with zero attached hydrogens (tertiary/aromatic N) is 3. The molecule has 0 radical (unpaired) electrons. The number of aliphatic hydroxyl groups is 1. The van der Waals surface area contributed by atoms with Crippen LogP contribution >= 0.6 is 34.8 Å². The van der Waals surface area contributed by atoms with Gasteiger partial charge in [0.25, 0.3) is 0 Å². The van der Waals surface area contributed by atoms with E-state index < -0.39 is 11.7 Å². The first-order valence-electron chi connectivity index (χ1n) is 8.35. The SMILES string of the molecule is CCC(Oc1ccc(Cl)cc1)C(O)(Cn1cncn1)c1ccc(Cl)cc1Cl. The molecule has 142 valence electrons. The molecule has 0 amide bonds. The maximum Gasteiger partial charge on any atom is 0.147 e. The molecule has 8 heteroatoms. The van der Waals surface area contributed by atoms with Crippen LogP contribution in [0.3, 0.4) is 0 Å². The molecule has 5 nitrogen and oxygen atoms in total. The van der Waals surface area contributed by atoms with Crippen molar-refractivity contribution < 1.29 is 9.84 Å². The second-order valence-corrected chi connectivity index (χ2v) is 7.39. The van der Waals surface area contributed by atoms with Crippen molar-refractivity contribution in [3.63, 3.8) is 0 Å². The third kappa shape index (κ3) is 4.55. The van der Waals surface area contributed by atoms with Crippen LogP contribution in [0.4, 0.5) is 0 Å². The second kappa shape index (κ2) is 8.48. The normalized spacial score (nSPS) is 14.6. The first-order chi connectivity index (χ1) is 12.9. The van der Waals surface area contributed by atoms with Gasteiger partial charge in [0.1, 0.15) is 30.1 Å². The molecule has 0 spiro atoms. The zero-order valence-corrected chi connectivity index (χ0v) is 16.8. The molecule has 0 bridgehead atoms. The molecule has 1 heterocycles. The summed E-state index contributed by atoms with van der Waals surface area (Å²) in [5.41, 5.74) is -0.964. The van der Waals surface area contributed by atoms with Gasteiger partial charge in [-0.1, -0.05) is 47.8 Å². The molecule has 2 aromatic carbocycles. The average Bonchev–Trinajstić information content (AvgIpc) is 3.13. The van der Waals surface area contributed by atoms with E-state index in [2.05, 4.69) is 10.1 Å². The maximum atomic E-state index is 11.7. The first-order valence-corrected chi connectivity index (χ1v) is 9.48. The molecular weight excluding hydrogens is 409 g/mol. The van der Waals surface area contributed by atoms with Crippen LogP contribution in [0.15, 0.2) is 55.1 Å². The highest BCUT2D eigenvalue weighted by molar-refractivity contribution is 6.35. The van der Waals surface area contributed by atoms with Gasteiger partial charge >= 0.3 is 0 Å². The first kappa shape index (κ1) is 20.0. The summed E-state index contributed by atoms with van der Waals surface area (Å²) in [4.78, 5) is 3.95. The maximum absolute atomic E-state index is 11.7. The lowest BCUT2D eigenvalue weighted by Crippen LogP contribution is -2.46. The van der Waals surface area contributed by atoms with Gasteiger partial charge in [0.15, 0.2) is 0 Å². The van der Waals surface area contributed by atoms with Crippen molar-refractivity contribution >= 4 is 34.8 Å². The van der Waals surface area contributed by atoms with E-state index in [0.717, 1.165) is 0 Å². The molecule has 0 aliphatic carbocycles. The fraction of sp³-hybridized carbons (Fsp3) is 0.263. The van der Waals surface area contributed by atoms with Gasteiger partial charge in [0.05, 0.1) is 6.54 Å². The van der Waals surface area contributed by atoms with E-state index in [-0.39, 0.29) is 6.54 Å². The molecule has 0 saturated heterocycles. The average molecular weight is 427 g/mol. The van der Waals surface area contributed by atoms with E-state index in [1.807, 2.05) is 6.92 Å². The molecule has 1 N–H and O–H groups in total. The topological polar surface area (TPSA) is 60.2 Å². The summed E-state index contributed by atoms with van der Waals surface area (Å²) in [6.45, 7) is 2.04. The fourth-order valence-electron chi connectivity index (χ4n) is 2.96. The molecule has 3 rings (SSSR count). The van der Waals surface area contributed by atoms with Gasteiger partial charge in [-0.2, -0.15) is 5.10 Å². The highest BCUT2D eigenvalue weighted by atomic mass is 35.5. The van der Waals surface area contributed by atoms with Gasteiger partial charge < -0.3 is 9.84 Å². The van der Waals surface area contributed by atoms with E-state index in [1.165, 1.54) is 12.7 Å². The number of aromatic nitrogens is 3. The van der Waals surface area contributed by atoms with Crippen molar-refractivity contribution in [1.29, 1.82) is 0 Å². The van der Waals surface area contributed by atoms with Gasteiger partial charge in [0, 0.05) is 20.6 Å². The minimum Gasteiger partial charge on any atom is -0.487 e. The lowest BCUT2D eigenvalue weighted by atomic mass is 9.86. The number of ether oxygens (including phenoxy) is 1. The summed E-state index contributed by atoms with van der Waals surface area (Å²) in [5, 5.41) is 17.3. The van der Waals surface area contributed by atoms with Crippen molar-refractivity contribution in [2.24, 2.45) is 0 Å². The second-order valence-electron chi connectivity index (χ2n) is 6.11. The van der Waals surface area contributed by atoms with Crippen molar-refractivity contribution in [3.8, 4) is 5.75 Å². The Labute approximate surface area is 172 Å². The lowest BCUT2D eigenvalue weighted by Gasteiger charge is -2.36. The van der Waals surface area contributed by atoms with Crippen molar-refractivity contribution in [2.75, 3.05) is 0 Å². The highest BCUT2D eigenvalue weighted by Gasteiger charge is 2.42. The Bertz CT molecular complexity index is 888. The van der Waals surface area contributed by atoms with E-state index in [9.17, 15) is 5.11 Å². The Balaban J connectivity index is 2.02. The van der Waals surface area contributed by atoms with Crippen LogP contribution in [0.2, 0.25) is 15.1 Å². The number of hydrogen-bond acceptors (Lipinski definition) is 4. The van der Waals surface area contributed by atoms with Crippen LogP contribution in [0.25, 0.3) is 0 Å². The standard InChI is InChI=1S/C19H18Cl3N3O2/c1-2-18(27-15-6-3-13(20)4-7-15)19(26,10-25-12-23-11-24-25)16-8-5-14(21)9-17(16)22/h3-9,11-12,18,26H,2,10H2,1H3. The van der Waals surface area contributed by atoms with Gasteiger partial charge in [-0.05, 0) is 42.8 Å². The van der Waals surface area contributed by atoms with Crippen LogP contribution < -0.4 is 4.74 Å². The summed E-state index contributed by atoms with van der Waals surface area (Å²) in [6.07, 6.45) is 2.85. The van der Waals surface area contributed by atoms with Crippen LogP contribution in [-0.4, -0.2) is 26.0 Å². The summed E-state index contributed by atoms with van der Waals surface area (Å²) in [5.74, 6) is 0.591. The summed E-state index contributed by atoms with van der Waals surface area (Å²) >= 11 is 18.4. The monoisotopic (exact) mass is 425 g/mol. The van der Waals surface area contributed by atoms with E-state index >= 15 is 0 Å². The van der Waals surface area contributed by atoms with Crippen LogP contribution in [0, 0.1) is 0 Å². The number of halogens is 3. The third-order valence-corrected chi connectivity index (χ3v) is 5.06. The van der Waals surface area contributed by atoms with Crippen LogP contribution in [-0.2, 0) is 12.1 Å². The summed E-state index contributed by atoms with van der Waals surface area (Å²) in [7, 11) is 0. The molecule has 0 fully saturated rings. The highest BCUT2D eigenvalue weighted by Crippen LogP contribution is 2.37. The van der Waals surface area contributed by atoms with Gasteiger partial charge in [0.2, 0.25) is 0 Å². The number of benzene rings is 2. The predicted molar refractivity (Wildman–Crippen MR) is 107 cm³/mol. The van der Waals surface area contributed by atoms with Crippen LogP contribution in [0.1, 0.15) is 18.9 Å². The summed E-state index contributed by atoms with van der Waals surface area (Å²) < 4.78 is 7.65. The third-order valence-electron chi connectivity index (χ3n) is 4.26. The van der Waals surface area contributed by atoms with E-state index in [0.29, 0.717) is 32.8 Å². The Hall–Kier alpha value is -1.79. The molecule has 0 aliphatic rings. The van der Waals surface area contributed by atoms with Crippen molar-refractivity contribution in [2.45, 2.75) is 31.6 Å². The Morgan fingerprint density at radius 3 is 2.41 bits per heavy atom. The lowest BCUT2D eigenvalue weighted by molar-refractivity contribution is -0.0828. The van der Waals surface area contributed by atoms with E-state index in [1.54, 1.807) is 47.1 Å². The molecule has 2 atom stereocenters. The Kier molecular flexibility index (Phi) is 6.27. The van der Waals surface area contributed by atoms with Gasteiger partial charge in [-0.25, -0.2) is 9.67 Å². The molecular formula is C19H18Cl3N3O2. The smallest absolute Gasteiger partial charge is 0.147 e. The molecule has 1 aromatic heterocycles. The van der Waals surface area contributed by atoms with Crippen molar-refractivity contribution in [3.05, 3.63) is 75.8 Å². The van der Waals surface area contributed by atoms with Crippen LogP contribution in [0.5, 0.6) is 5.75 Å². The quantitative estimate of drug-likeness (QED) is 0.578. The molecule has 0 saturated carbocycles. The zero-order valence-electron chi connectivity index (χ0n) is 14.5. The molecule has 3 aromatic rings. The molecule has 0 aliphatic heterocycles. The Morgan fingerprint density at radius 1 is 1.11 bits per heavy atom. The van der Waals surface area contributed by atoms with Gasteiger partial charge in [-0.3, -0.25) is 0 Å². The minimum absolute atomic E-state index is 0.112. The molecule has 2 unspecified atom stereocenters. The minimum atomic E-state index is -1.47. The molecule has 27 heavy (non-hydrogen) atoms. The fourth-order valence-corrected chi connectivity index (χ4v) is 3.66. The number of rotatable bonds is 7. The summed E-state index contributed by atoms with van der Waals surface area (Å²) in [6, 6.07) is 12.0. The largest absolute Gasteiger partial charge is 0.487 e. The zero-order chi connectivity index (χ0) is 19.4. The van der Waals surface area contributed by atoms with Crippen molar-refractivity contribution in [1.82, 2.24) is 14.8 Å². The predicted octanol–water partition coefficient (Wildman–Crippen LogP) is 4.98. The number of hydrogen-bond donors (Lipinski definition) is 1.